The summed E-state index contributed by atoms with van der Waals surface area (Å²) in [4.78, 5) is 11.5. The zero-order valence-corrected chi connectivity index (χ0v) is 9.62. The lowest BCUT2D eigenvalue weighted by Crippen LogP contribution is -2.44. The second-order valence-corrected chi connectivity index (χ2v) is 5.10. The molecular formula is C10H11F3N2OS. The maximum Gasteiger partial charge on any atom is 0.406 e. The van der Waals surface area contributed by atoms with Gasteiger partial charge in [-0.25, -0.2) is 0 Å². The van der Waals surface area contributed by atoms with Crippen molar-refractivity contribution < 1.29 is 18.0 Å². The predicted molar refractivity (Wildman–Crippen MR) is 57.7 cm³/mol. The molecule has 0 unspecified atom stereocenters. The molecule has 0 atom stereocenters. The van der Waals surface area contributed by atoms with Gasteiger partial charge in [0.05, 0.1) is 5.56 Å². The van der Waals surface area contributed by atoms with Crippen molar-refractivity contribution in [2.75, 3.05) is 0 Å². The molecule has 1 aromatic rings. The Morgan fingerprint density at radius 2 is 2.18 bits per heavy atom. The number of carbonyl (C=O) groups excluding carboxylic acids is 1. The van der Waals surface area contributed by atoms with Crippen LogP contribution in [0.1, 0.15) is 28.1 Å². The van der Waals surface area contributed by atoms with E-state index in [0.29, 0.717) is 10.4 Å². The summed E-state index contributed by atoms with van der Waals surface area (Å²) in [5.41, 5.74) is 3.68. The maximum atomic E-state index is 12.6. The molecule has 2 rings (SSSR count). The van der Waals surface area contributed by atoms with Crippen LogP contribution in [0.2, 0.25) is 0 Å². The third kappa shape index (κ3) is 2.44. The molecule has 1 aliphatic carbocycles. The first-order chi connectivity index (χ1) is 7.84. The van der Waals surface area contributed by atoms with Gasteiger partial charge in [0.1, 0.15) is 5.54 Å². The molecule has 0 saturated heterocycles. The number of amides is 1. The van der Waals surface area contributed by atoms with E-state index in [2.05, 4.69) is 5.32 Å². The van der Waals surface area contributed by atoms with Crippen molar-refractivity contribution in [3.8, 4) is 0 Å². The SMILES string of the molecule is NC(=O)c1csc(CNC2(C(F)(F)F)CC2)c1. The summed E-state index contributed by atoms with van der Waals surface area (Å²) < 4.78 is 37.8. The molecule has 3 N–H and O–H groups in total. The van der Waals surface area contributed by atoms with Crippen LogP contribution in [0.15, 0.2) is 11.4 Å². The van der Waals surface area contributed by atoms with E-state index in [9.17, 15) is 18.0 Å². The molecule has 1 aliphatic rings. The molecule has 17 heavy (non-hydrogen) atoms. The predicted octanol–water partition coefficient (Wildman–Crippen LogP) is 2.03. The second-order valence-electron chi connectivity index (χ2n) is 4.10. The maximum absolute atomic E-state index is 12.6. The van der Waals surface area contributed by atoms with Gasteiger partial charge < -0.3 is 5.73 Å². The number of thiophene rings is 1. The van der Waals surface area contributed by atoms with Gasteiger partial charge in [-0.15, -0.1) is 11.3 Å². The minimum Gasteiger partial charge on any atom is -0.366 e. The van der Waals surface area contributed by atoms with Crippen molar-refractivity contribution in [2.45, 2.75) is 31.1 Å². The van der Waals surface area contributed by atoms with E-state index in [1.54, 1.807) is 5.38 Å². The highest BCUT2D eigenvalue weighted by molar-refractivity contribution is 7.10. The molecule has 1 saturated carbocycles. The first kappa shape index (κ1) is 12.4. The number of hydrogen-bond donors (Lipinski definition) is 2. The zero-order valence-electron chi connectivity index (χ0n) is 8.80. The van der Waals surface area contributed by atoms with Crippen molar-refractivity contribution in [3.63, 3.8) is 0 Å². The average molecular weight is 264 g/mol. The Morgan fingerprint density at radius 1 is 1.53 bits per heavy atom. The number of alkyl halides is 3. The van der Waals surface area contributed by atoms with Crippen molar-refractivity contribution >= 4 is 17.2 Å². The Kier molecular flexibility index (Phi) is 2.90. The number of primary amides is 1. The average Bonchev–Trinajstić information content (AvgIpc) is 2.86. The number of halogens is 3. The Balaban J connectivity index is 1.96. The molecule has 0 aromatic carbocycles. The third-order valence-electron chi connectivity index (χ3n) is 2.83. The van der Waals surface area contributed by atoms with Gasteiger partial charge in [-0.3, -0.25) is 10.1 Å². The van der Waals surface area contributed by atoms with Crippen molar-refractivity contribution in [2.24, 2.45) is 5.73 Å². The zero-order chi connectivity index (χ0) is 12.7. The van der Waals surface area contributed by atoms with Crippen molar-refractivity contribution in [3.05, 3.63) is 21.9 Å². The quantitative estimate of drug-likeness (QED) is 0.874. The number of nitrogens with two attached hydrogens (primary N) is 1. The van der Waals surface area contributed by atoms with Gasteiger partial charge in [-0.05, 0) is 18.9 Å². The smallest absolute Gasteiger partial charge is 0.366 e. The first-order valence-corrected chi connectivity index (χ1v) is 5.91. The summed E-state index contributed by atoms with van der Waals surface area (Å²) in [5, 5.41) is 4.06. The normalized spacial score (nSPS) is 18.1. The highest BCUT2D eigenvalue weighted by Gasteiger charge is 2.62. The summed E-state index contributed by atoms with van der Waals surface area (Å²) in [5.74, 6) is -0.565. The van der Waals surface area contributed by atoms with E-state index in [1.165, 1.54) is 17.4 Å². The lowest BCUT2D eigenvalue weighted by Gasteiger charge is -2.20. The fourth-order valence-electron chi connectivity index (χ4n) is 1.54. The third-order valence-corrected chi connectivity index (χ3v) is 3.77. The Labute approximate surface area is 99.8 Å². The molecule has 0 aliphatic heterocycles. The van der Waals surface area contributed by atoms with E-state index >= 15 is 0 Å². The first-order valence-electron chi connectivity index (χ1n) is 5.03. The van der Waals surface area contributed by atoms with Crippen LogP contribution < -0.4 is 11.1 Å². The molecule has 3 nitrogen and oxygen atoms in total. The van der Waals surface area contributed by atoms with Gasteiger partial charge >= 0.3 is 6.18 Å². The lowest BCUT2D eigenvalue weighted by molar-refractivity contribution is -0.166. The van der Waals surface area contributed by atoms with Gasteiger partial charge in [0, 0.05) is 16.8 Å². The van der Waals surface area contributed by atoms with Crippen LogP contribution in [0, 0.1) is 0 Å². The Bertz CT molecular complexity index is 437. The molecule has 7 heteroatoms. The Hall–Kier alpha value is -1.08. The van der Waals surface area contributed by atoms with Crippen LogP contribution in [0.3, 0.4) is 0 Å². The summed E-state index contributed by atoms with van der Waals surface area (Å²) in [6.45, 7) is 0.109. The molecular weight excluding hydrogens is 253 g/mol. The van der Waals surface area contributed by atoms with Crippen molar-refractivity contribution in [1.82, 2.24) is 5.32 Å². The fraction of sp³-hybridized carbons (Fsp3) is 0.500. The van der Waals surface area contributed by atoms with Gasteiger partial charge in [0.2, 0.25) is 5.91 Å². The minimum absolute atomic E-state index is 0.109. The van der Waals surface area contributed by atoms with E-state index in [4.69, 9.17) is 5.73 Å². The summed E-state index contributed by atoms with van der Waals surface area (Å²) in [6.07, 6.45) is -3.98. The van der Waals surface area contributed by atoms with Crippen LogP contribution in [0.4, 0.5) is 13.2 Å². The molecule has 1 aromatic heterocycles. The van der Waals surface area contributed by atoms with Crippen LogP contribution in [-0.2, 0) is 6.54 Å². The van der Waals surface area contributed by atoms with Crippen LogP contribution >= 0.6 is 11.3 Å². The van der Waals surface area contributed by atoms with Crippen LogP contribution in [-0.4, -0.2) is 17.6 Å². The van der Waals surface area contributed by atoms with Crippen LogP contribution in [0.25, 0.3) is 0 Å². The minimum atomic E-state index is -4.21. The molecule has 94 valence electrons. The molecule has 0 spiro atoms. The largest absolute Gasteiger partial charge is 0.406 e. The Morgan fingerprint density at radius 3 is 2.59 bits per heavy atom. The molecule has 1 amide bonds. The summed E-state index contributed by atoms with van der Waals surface area (Å²) in [6, 6.07) is 1.52. The molecule has 0 radical (unpaired) electrons. The van der Waals surface area contributed by atoms with E-state index in [-0.39, 0.29) is 19.4 Å². The monoisotopic (exact) mass is 264 g/mol. The van der Waals surface area contributed by atoms with Crippen molar-refractivity contribution in [1.29, 1.82) is 0 Å². The number of hydrogen-bond acceptors (Lipinski definition) is 3. The summed E-state index contributed by atoms with van der Waals surface area (Å²) in [7, 11) is 0. The van der Waals surface area contributed by atoms with E-state index in [1.807, 2.05) is 0 Å². The molecule has 0 bridgehead atoms. The topological polar surface area (TPSA) is 55.1 Å². The number of nitrogens with one attached hydrogen (secondary N) is 1. The lowest BCUT2D eigenvalue weighted by atomic mass is 10.2. The van der Waals surface area contributed by atoms with E-state index < -0.39 is 17.6 Å². The standard InChI is InChI=1S/C10H11F3N2OS/c11-10(12,13)9(1-2-9)15-4-7-3-6(5-17-7)8(14)16/h3,5,15H,1-2,4H2,(H2,14,16). The fourth-order valence-corrected chi connectivity index (χ4v) is 2.36. The highest BCUT2D eigenvalue weighted by atomic mass is 32.1. The van der Waals surface area contributed by atoms with E-state index in [0.717, 1.165) is 0 Å². The van der Waals surface area contributed by atoms with Gasteiger partial charge in [0.15, 0.2) is 0 Å². The van der Waals surface area contributed by atoms with Gasteiger partial charge in [-0.2, -0.15) is 13.2 Å². The second kappa shape index (κ2) is 3.99. The number of carbonyl (C=O) groups is 1. The molecule has 1 fully saturated rings. The van der Waals surface area contributed by atoms with Gasteiger partial charge in [-0.1, -0.05) is 0 Å². The van der Waals surface area contributed by atoms with Crippen LogP contribution in [0.5, 0.6) is 0 Å². The summed E-state index contributed by atoms with van der Waals surface area (Å²) >= 11 is 1.23. The highest BCUT2D eigenvalue weighted by Crippen LogP contribution is 2.49. The number of rotatable bonds is 4. The van der Waals surface area contributed by atoms with Gasteiger partial charge in [0.25, 0.3) is 0 Å². The molecule has 1 heterocycles.